The van der Waals surface area contributed by atoms with Gasteiger partial charge in [-0.25, -0.2) is 4.79 Å². The number of amides is 2. The highest BCUT2D eigenvalue weighted by atomic mass is 16.5. The SMILES string of the molecule is CCOC(=O)c1c(C)[nH]c(C(=O)COC(=O)CN2C(=O)[C@H]3CCCC[C@H]3C2=O)c1C. The summed E-state index contributed by atoms with van der Waals surface area (Å²) in [4.78, 5) is 65.3. The number of aryl methyl sites for hydroxylation is 1. The van der Waals surface area contributed by atoms with Crippen LogP contribution in [-0.2, 0) is 23.9 Å². The summed E-state index contributed by atoms with van der Waals surface area (Å²) < 4.78 is 10.0. The molecular formula is C21H26N2O7. The Bertz CT molecular complexity index is 877. The zero-order chi connectivity index (χ0) is 22.0. The van der Waals surface area contributed by atoms with E-state index in [1.807, 2.05) is 0 Å². The number of rotatable bonds is 7. The van der Waals surface area contributed by atoms with Crippen molar-refractivity contribution in [2.75, 3.05) is 19.8 Å². The molecule has 30 heavy (non-hydrogen) atoms. The Kier molecular flexibility index (Phi) is 6.38. The minimum Gasteiger partial charge on any atom is -0.462 e. The molecule has 1 aromatic heterocycles. The number of nitrogens with one attached hydrogen (secondary N) is 1. The summed E-state index contributed by atoms with van der Waals surface area (Å²) in [5.74, 6) is -3.22. The summed E-state index contributed by atoms with van der Waals surface area (Å²) in [6, 6.07) is 0. The number of likely N-dealkylation sites (tertiary alicyclic amines) is 1. The molecule has 2 atom stereocenters. The third-order valence-electron chi connectivity index (χ3n) is 5.78. The molecular weight excluding hydrogens is 392 g/mol. The number of hydrogen-bond acceptors (Lipinski definition) is 7. The molecule has 1 aliphatic heterocycles. The van der Waals surface area contributed by atoms with Crippen LogP contribution in [0.4, 0.5) is 0 Å². The number of ether oxygens (including phenoxy) is 2. The lowest BCUT2D eigenvalue weighted by Crippen LogP contribution is -2.37. The first kappa shape index (κ1) is 21.7. The number of ketones is 1. The number of carbonyl (C=O) groups excluding carboxylic acids is 5. The van der Waals surface area contributed by atoms with Crippen molar-refractivity contribution >= 4 is 29.5 Å². The predicted octanol–water partition coefficient (Wildman–Crippen LogP) is 1.71. The fourth-order valence-electron chi connectivity index (χ4n) is 4.32. The number of nitrogens with zero attached hydrogens (tertiary/aromatic N) is 1. The summed E-state index contributed by atoms with van der Waals surface area (Å²) in [7, 11) is 0. The van der Waals surface area contributed by atoms with E-state index in [1.165, 1.54) is 0 Å². The Hall–Kier alpha value is -2.97. The van der Waals surface area contributed by atoms with Crippen LogP contribution in [0.2, 0.25) is 0 Å². The predicted molar refractivity (Wildman–Crippen MR) is 104 cm³/mol. The molecule has 2 fully saturated rings. The highest BCUT2D eigenvalue weighted by Crippen LogP contribution is 2.37. The van der Waals surface area contributed by atoms with Gasteiger partial charge in [0.05, 0.1) is 29.7 Å². The monoisotopic (exact) mass is 418 g/mol. The van der Waals surface area contributed by atoms with Crippen molar-refractivity contribution < 1.29 is 33.4 Å². The Labute approximate surface area is 174 Å². The van der Waals surface area contributed by atoms with E-state index in [4.69, 9.17) is 9.47 Å². The number of H-pyrrole nitrogens is 1. The maximum absolute atomic E-state index is 12.5. The Morgan fingerprint density at radius 3 is 2.20 bits per heavy atom. The number of aromatic nitrogens is 1. The zero-order valence-corrected chi connectivity index (χ0v) is 17.4. The van der Waals surface area contributed by atoms with Gasteiger partial charge >= 0.3 is 11.9 Å². The molecule has 1 saturated carbocycles. The van der Waals surface area contributed by atoms with Crippen molar-refractivity contribution in [1.82, 2.24) is 9.88 Å². The Morgan fingerprint density at radius 2 is 1.63 bits per heavy atom. The lowest BCUT2D eigenvalue weighted by atomic mass is 9.81. The summed E-state index contributed by atoms with van der Waals surface area (Å²) in [6.07, 6.45) is 3.12. The number of carbonyl (C=O) groups is 5. The normalized spacial score (nSPS) is 20.8. The standard InChI is InChI=1S/C21H26N2O7/c1-4-29-21(28)17-11(2)18(22-12(17)3)15(24)10-30-16(25)9-23-19(26)13-7-5-6-8-14(13)20(23)27/h13-14,22H,4-10H2,1-3H3/t13-,14+. The summed E-state index contributed by atoms with van der Waals surface area (Å²) in [5, 5.41) is 0. The molecule has 1 N–H and O–H groups in total. The molecule has 2 amide bonds. The number of fused-ring (bicyclic) bond motifs is 1. The summed E-state index contributed by atoms with van der Waals surface area (Å²) in [6.45, 7) is 4.09. The molecule has 9 heteroatoms. The van der Waals surface area contributed by atoms with Crippen LogP contribution in [0.15, 0.2) is 0 Å². The summed E-state index contributed by atoms with van der Waals surface area (Å²) >= 11 is 0. The van der Waals surface area contributed by atoms with Gasteiger partial charge in [-0.1, -0.05) is 12.8 Å². The second kappa shape index (κ2) is 8.81. The molecule has 0 spiro atoms. The largest absolute Gasteiger partial charge is 0.462 e. The topological polar surface area (TPSA) is 123 Å². The number of hydrogen-bond donors (Lipinski definition) is 1. The van der Waals surface area contributed by atoms with E-state index in [0.29, 0.717) is 24.1 Å². The van der Waals surface area contributed by atoms with E-state index in [0.717, 1.165) is 17.7 Å². The number of esters is 2. The van der Waals surface area contributed by atoms with Crippen molar-refractivity contribution in [2.24, 2.45) is 11.8 Å². The lowest BCUT2D eigenvalue weighted by Gasteiger charge is -2.19. The smallest absolute Gasteiger partial charge is 0.340 e. The first-order valence-electron chi connectivity index (χ1n) is 10.2. The molecule has 9 nitrogen and oxygen atoms in total. The molecule has 0 bridgehead atoms. The van der Waals surface area contributed by atoms with Crippen molar-refractivity contribution in [2.45, 2.75) is 46.5 Å². The van der Waals surface area contributed by atoms with E-state index in [1.54, 1.807) is 20.8 Å². The highest BCUT2D eigenvalue weighted by Gasteiger charge is 2.48. The van der Waals surface area contributed by atoms with Crippen LogP contribution >= 0.6 is 0 Å². The molecule has 1 aliphatic carbocycles. The van der Waals surface area contributed by atoms with Gasteiger partial charge in [-0.2, -0.15) is 0 Å². The first-order chi connectivity index (χ1) is 14.3. The van der Waals surface area contributed by atoms with E-state index < -0.39 is 30.9 Å². The van der Waals surface area contributed by atoms with Gasteiger partial charge in [-0.05, 0) is 39.2 Å². The number of imide groups is 1. The van der Waals surface area contributed by atoms with Crippen LogP contribution in [0.3, 0.4) is 0 Å². The van der Waals surface area contributed by atoms with Crippen LogP contribution < -0.4 is 0 Å². The highest BCUT2D eigenvalue weighted by molar-refractivity contribution is 6.07. The van der Waals surface area contributed by atoms with Crippen molar-refractivity contribution in [3.63, 3.8) is 0 Å². The van der Waals surface area contributed by atoms with Gasteiger partial charge < -0.3 is 14.5 Å². The molecule has 0 aromatic carbocycles. The van der Waals surface area contributed by atoms with E-state index >= 15 is 0 Å². The van der Waals surface area contributed by atoms with E-state index in [9.17, 15) is 24.0 Å². The minimum absolute atomic E-state index is 0.155. The van der Waals surface area contributed by atoms with Crippen LogP contribution in [-0.4, -0.2) is 59.2 Å². The fourth-order valence-corrected chi connectivity index (χ4v) is 4.32. The molecule has 0 radical (unpaired) electrons. The maximum atomic E-state index is 12.5. The van der Waals surface area contributed by atoms with Crippen molar-refractivity contribution in [3.8, 4) is 0 Å². The Balaban J connectivity index is 1.59. The zero-order valence-electron chi connectivity index (χ0n) is 17.4. The van der Waals surface area contributed by atoms with Crippen LogP contribution in [0.25, 0.3) is 0 Å². The van der Waals surface area contributed by atoms with Crippen LogP contribution in [0, 0.1) is 25.7 Å². The van der Waals surface area contributed by atoms with Crippen molar-refractivity contribution in [3.05, 3.63) is 22.5 Å². The average Bonchev–Trinajstić information content (AvgIpc) is 3.15. The molecule has 3 rings (SSSR count). The van der Waals surface area contributed by atoms with Gasteiger partial charge in [0.15, 0.2) is 6.61 Å². The number of Topliss-reactive ketones (excluding diaryl/α,β-unsaturated/α-hetero) is 1. The van der Waals surface area contributed by atoms with Crippen LogP contribution in [0.5, 0.6) is 0 Å². The second-order valence-corrected chi connectivity index (χ2v) is 7.69. The lowest BCUT2D eigenvalue weighted by molar-refractivity contribution is -0.152. The third-order valence-corrected chi connectivity index (χ3v) is 5.78. The Morgan fingerprint density at radius 1 is 1.03 bits per heavy atom. The van der Waals surface area contributed by atoms with Crippen molar-refractivity contribution in [1.29, 1.82) is 0 Å². The third kappa shape index (κ3) is 4.01. The maximum Gasteiger partial charge on any atom is 0.340 e. The quantitative estimate of drug-likeness (QED) is 0.406. The molecule has 1 saturated heterocycles. The average molecular weight is 418 g/mol. The van der Waals surface area contributed by atoms with Crippen LogP contribution in [0.1, 0.15) is 64.7 Å². The van der Waals surface area contributed by atoms with E-state index in [2.05, 4.69) is 4.98 Å². The van der Waals surface area contributed by atoms with E-state index in [-0.39, 0.29) is 41.5 Å². The molecule has 2 aliphatic rings. The molecule has 0 unspecified atom stereocenters. The minimum atomic E-state index is -0.824. The molecule has 1 aromatic rings. The first-order valence-corrected chi connectivity index (χ1v) is 10.2. The summed E-state index contributed by atoms with van der Waals surface area (Å²) in [5.41, 5.74) is 1.34. The number of aromatic amines is 1. The molecule has 2 heterocycles. The molecule has 162 valence electrons. The van der Waals surface area contributed by atoms with Gasteiger partial charge in [0.25, 0.3) is 0 Å². The van der Waals surface area contributed by atoms with Gasteiger partial charge in [0.2, 0.25) is 17.6 Å². The van der Waals surface area contributed by atoms with Gasteiger partial charge in [0.1, 0.15) is 6.54 Å². The fraction of sp³-hybridized carbons (Fsp3) is 0.571. The van der Waals surface area contributed by atoms with Gasteiger partial charge in [-0.15, -0.1) is 0 Å². The van der Waals surface area contributed by atoms with Gasteiger partial charge in [-0.3, -0.25) is 24.1 Å². The second-order valence-electron chi connectivity index (χ2n) is 7.69. The van der Waals surface area contributed by atoms with Gasteiger partial charge in [0, 0.05) is 5.69 Å².